The quantitative estimate of drug-likeness (QED) is 0.767. The molecule has 0 unspecified atom stereocenters. The number of nitrogens with two attached hydrogens (primary N) is 1. The van der Waals surface area contributed by atoms with Crippen molar-refractivity contribution in [3.8, 4) is 0 Å². The van der Waals surface area contributed by atoms with E-state index < -0.39 is 0 Å². The molecule has 0 aliphatic carbocycles. The lowest BCUT2D eigenvalue weighted by atomic mass is 10.2. The van der Waals surface area contributed by atoms with E-state index in [4.69, 9.17) is 10.8 Å². The van der Waals surface area contributed by atoms with E-state index in [0.717, 1.165) is 21.1 Å². The lowest BCUT2D eigenvalue weighted by Crippen LogP contribution is -2.15. The third-order valence-electron chi connectivity index (χ3n) is 2.24. The number of aliphatic hydroxyl groups excluding tert-OH is 1. The third kappa shape index (κ3) is 1.45. The smallest absolute Gasteiger partial charge is 0.0694 e. The summed E-state index contributed by atoms with van der Waals surface area (Å²) < 4.78 is 0.939. The summed E-state index contributed by atoms with van der Waals surface area (Å²) in [6, 6.07) is 7.54. The number of benzene rings is 1. The fraction of sp³-hybridized carbons (Fsp3) is 0.200. The highest BCUT2D eigenvalue weighted by atomic mass is 79.9. The molecule has 4 N–H and O–H groups in total. The number of aromatic nitrogens is 1. The molecule has 0 saturated carbocycles. The molecule has 14 heavy (non-hydrogen) atoms. The largest absolute Gasteiger partial charge is 0.394 e. The number of fused-ring (bicyclic) bond motifs is 1. The molecular weight excluding hydrogens is 244 g/mol. The van der Waals surface area contributed by atoms with Crippen LogP contribution in [0.2, 0.25) is 0 Å². The third-order valence-corrected chi connectivity index (χ3v) is 3.09. The van der Waals surface area contributed by atoms with Gasteiger partial charge in [0.15, 0.2) is 0 Å². The van der Waals surface area contributed by atoms with Gasteiger partial charge in [0.1, 0.15) is 0 Å². The van der Waals surface area contributed by atoms with E-state index in [1.165, 1.54) is 0 Å². The van der Waals surface area contributed by atoms with E-state index in [9.17, 15) is 0 Å². The molecule has 2 rings (SSSR count). The van der Waals surface area contributed by atoms with Crippen LogP contribution in [0.1, 0.15) is 11.7 Å². The molecule has 0 bridgehead atoms. The summed E-state index contributed by atoms with van der Waals surface area (Å²) in [5.74, 6) is 0. The molecule has 74 valence electrons. The summed E-state index contributed by atoms with van der Waals surface area (Å²) in [5, 5.41) is 10.1. The van der Waals surface area contributed by atoms with Crippen LogP contribution in [0.5, 0.6) is 0 Å². The van der Waals surface area contributed by atoms with Gasteiger partial charge in [0.05, 0.1) is 12.6 Å². The molecule has 2 aromatic rings. The minimum Gasteiger partial charge on any atom is -0.394 e. The van der Waals surface area contributed by atoms with Gasteiger partial charge in [-0.25, -0.2) is 0 Å². The molecule has 0 saturated heterocycles. The lowest BCUT2D eigenvalue weighted by molar-refractivity contribution is 0.266. The molecule has 1 aromatic carbocycles. The maximum atomic E-state index is 8.97. The second kappa shape index (κ2) is 3.73. The number of aromatic amines is 1. The zero-order chi connectivity index (χ0) is 10.1. The molecule has 0 fully saturated rings. The van der Waals surface area contributed by atoms with Crippen molar-refractivity contribution in [1.29, 1.82) is 0 Å². The van der Waals surface area contributed by atoms with Gasteiger partial charge in [-0.15, -0.1) is 0 Å². The predicted molar refractivity (Wildman–Crippen MR) is 60.0 cm³/mol. The maximum Gasteiger partial charge on any atom is 0.0694 e. The van der Waals surface area contributed by atoms with Gasteiger partial charge in [-0.3, -0.25) is 0 Å². The van der Waals surface area contributed by atoms with Gasteiger partial charge in [0.25, 0.3) is 0 Å². The molecule has 1 aromatic heterocycles. The number of halogens is 1. The number of rotatable bonds is 2. The fourth-order valence-electron chi connectivity index (χ4n) is 1.48. The number of hydrogen-bond acceptors (Lipinski definition) is 2. The second-order valence-corrected chi connectivity index (χ2v) is 3.98. The Bertz CT molecular complexity index is 452. The van der Waals surface area contributed by atoms with Crippen molar-refractivity contribution < 1.29 is 5.11 Å². The number of hydrogen-bond donors (Lipinski definition) is 3. The van der Waals surface area contributed by atoms with Crippen molar-refractivity contribution in [2.24, 2.45) is 5.73 Å². The zero-order valence-corrected chi connectivity index (χ0v) is 9.08. The van der Waals surface area contributed by atoms with Crippen molar-refractivity contribution in [2.45, 2.75) is 6.04 Å². The van der Waals surface area contributed by atoms with E-state index in [-0.39, 0.29) is 12.6 Å². The first-order valence-electron chi connectivity index (χ1n) is 4.36. The number of aliphatic hydroxyl groups is 1. The van der Waals surface area contributed by atoms with Crippen LogP contribution in [0, 0.1) is 0 Å². The Morgan fingerprint density at radius 2 is 2.14 bits per heavy atom. The van der Waals surface area contributed by atoms with Crippen molar-refractivity contribution in [3.63, 3.8) is 0 Å². The van der Waals surface area contributed by atoms with Crippen LogP contribution in [0.4, 0.5) is 0 Å². The monoisotopic (exact) mass is 254 g/mol. The van der Waals surface area contributed by atoms with Gasteiger partial charge in [-0.1, -0.05) is 18.2 Å². The average Bonchev–Trinajstić information content (AvgIpc) is 2.56. The summed E-state index contributed by atoms with van der Waals surface area (Å²) in [4.78, 5) is 3.18. The van der Waals surface area contributed by atoms with Crippen molar-refractivity contribution >= 4 is 26.8 Å². The van der Waals surface area contributed by atoms with Crippen LogP contribution >= 0.6 is 15.9 Å². The van der Waals surface area contributed by atoms with Gasteiger partial charge in [-0.2, -0.15) is 0 Å². The summed E-state index contributed by atoms with van der Waals surface area (Å²) in [6.45, 7) is -0.0641. The van der Waals surface area contributed by atoms with Crippen LogP contribution in [0.25, 0.3) is 10.9 Å². The van der Waals surface area contributed by atoms with Gasteiger partial charge in [0.2, 0.25) is 0 Å². The minimum atomic E-state index is -0.364. The predicted octanol–water partition coefficient (Wildman–Crippen LogP) is 1.92. The molecule has 0 amide bonds. The maximum absolute atomic E-state index is 8.97. The Balaban J connectivity index is 2.62. The molecule has 0 aliphatic heterocycles. The Morgan fingerprint density at radius 3 is 2.79 bits per heavy atom. The Hall–Kier alpha value is -0.840. The normalized spacial score (nSPS) is 13.4. The van der Waals surface area contributed by atoms with E-state index in [2.05, 4.69) is 20.9 Å². The summed E-state index contributed by atoms with van der Waals surface area (Å²) in [5.41, 5.74) is 7.62. The Morgan fingerprint density at radius 1 is 1.43 bits per heavy atom. The van der Waals surface area contributed by atoms with Crippen LogP contribution in [0.3, 0.4) is 0 Å². The van der Waals surface area contributed by atoms with Crippen LogP contribution < -0.4 is 5.73 Å². The Kier molecular flexibility index (Phi) is 2.58. The molecule has 0 radical (unpaired) electrons. The van der Waals surface area contributed by atoms with Gasteiger partial charge < -0.3 is 15.8 Å². The van der Waals surface area contributed by atoms with E-state index in [1.54, 1.807) is 0 Å². The number of H-pyrrole nitrogens is 1. The van der Waals surface area contributed by atoms with Gasteiger partial charge in [0, 0.05) is 21.1 Å². The minimum absolute atomic E-state index is 0.0641. The fourth-order valence-corrected chi connectivity index (χ4v) is 2.21. The standard InChI is InChI=1S/C10H11BrN2O/c11-9-6-3-1-2-4-8(6)13-10(9)7(12)5-14/h1-4,7,13-14H,5,12H2/t7-/m1/s1. The molecular formula is C10H11BrN2O. The van der Waals surface area contributed by atoms with Crippen LogP contribution in [-0.2, 0) is 0 Å². The number of nitrogens with one attached hydrogen (secondary N) is 1. The van der Waals surface area contributed by atoms with Crippen molar-refractivity contribution in [2.75, 3.05) is 6.61 Å². The second-order valence-electron chi connectivity index (χ2n) is 3.19. The first kappa shape index (κ1) is 9.71. The molecule has 1 atom stereocenters. The van der Waals surface area contributed by atoms with Crippen LogP contribution in [0.15, 0.2) is 28.7 Å². The van der Waals surface area contributed by atoms with E-state index in [0.29, 0.717) is 0 Å². The van der Waals surface area contributed by atoms with Crippen LogP contribution in [-0.4, -0.2) is 16.7 Å². The topological polar surface area (TPSA) is 62.0 Å². The van der Waals surface area contributed by atoms with Gasteiger partial charge in [-0.05, 0) is 22.0 Å². The van der Waals surface area contributed by atoms with Crippen molar-refractivity contribution in [1.82, 2.24) is 4.98 Å². The molecule has 0 aliphatic rings. The molecule has 1 heterocycles. The highest BCUT2D eigenvalue weighted by molar-refractivity contribution is 9.10. The highest BCUT2D eigenvalue weighted by Gasteiger charge is 2.13. The zero-order valence-electron chi connectivity index (χ0n) is 7.50. The first-order valence-corrected chi connectivity index (χ1v) is 5.16. The SMILES string of the molecule is N[C@H](CO)c1[nH]c2ccccc2c1Br. The van der Waals surface area contributed by atoms with E-state index >= 15 is 0 Å². The molecule has 4 heteroatoms. The first-order chi connectivity index (χ1) is 6.74. The number of para-hydroxylation sites is 1. The van der Waals surface area contributed by atoms with E-state index in [1.807, 2.05) is 24.3 Å². The summed E-state index contributed by atoms with van der Waals surface area (Å²) in [6.07, 6.45) is 0. The summed E-state index contributed by atoms with van der Waals surface area (Å²) in [7, 11) is 0. The average molecular weight is 255 g/mol. The molecule has 3 nitrogen and oxygen atoms in total. The van der Waals surface area contributed by atoms with Crippen molar-refractivity contribution in [3.05, 3.63) is 34.4 Å². The van der Waals surface area contributed by atoms with Gasteiger partial charge >= 0.3 is 0 Å². The lowest BCUT2D eigenvalue weighted by Gasteiger charge is -2.05. The molecule has 0 spiro atoms. The summed E-state index contributed by atoms with van der Waals surface area (Å²) >= 11 is 3.47. The Labute approximate surface area is 90.1 Å². The highest BCUT2D eigenvalue weighted by Crippen LogP contribution is 2.30.